The summed E-state index contributed by atoms with van der Waals surface area (Å²) in [7, 11) is 0. The van der Waals surface area contributed by atoms with E-state index in [1.807, 2.05) is 0 Å². The summed E-state index contributed by atoms with van der Waals surface area (Å²) >= 11 is 0. The fourth-order valence-electron chi connectivity index (χ4n) is 0.539. The SMILES string of the molecule is OCC1OCC(O)O1. The van der Waals surface area contributed by atoms with Crippen LogP contribution in [0.2, 0.25) is 0 Å². The second-order valence-corrected chi connectivity index (χ2v) is 1.54. The summed E-state index contributed by atoms with van der Waals surface area (Å²) < 4.78 is 9.29. The molecule has 1 aliphatic heterocycles. The molecule has 1 fully saturated rings. The highest BCUT2D eigenvalue weighted by molar-refractivity contribution is 4.51. The minimum atomic E-state index is -0.854. The van der Waals surface area contributed by atoms with Crippen molar-refractivity contribution in [3.63, 3.8) is 0 Å². The van der Waals surface area contributed by atoms with Gasteiger partial charge in [-0.15, -0.1) is 0 Å². The largest absolute Gasteiger partial charge is 0.391 e. The molecule has 0 saturated carbocycles. The van der Waals surface area contributed by atoms with E-state index in [0.29, 0.717) is 0 Å². The van der Waals surface area contributed by atoms with Crippen LogP contribution >= 0.6 is 0 Å². The summed E-state index contributed by atoms with van der Waals surface area (Å²) in [6.07, 6.45) is -1.47. The van der Waals surface area contributed by atoms with Gasteiger partial charge in [0.05, 0.1) is 6.61 Å². The van der Waals surface area contributed by atoms with Crippen molar-refractivity contribution >= 4 is 0 Å². The van der Waals surface area contributed by atoms with E-state index in [-0.39, 0.29) is 13.2 Å². The van der Waals surface area contributed by atoms with Crippen LogP contribution in [0.4, 0.5) is 0 Å². The van der Waals surface area contributed by atoms with Crippen molar-refractivity contribution in [2.24, 2.45) is 0 Å². The molecule has 8 heavy (non-hydrogen) atoms. The first-order valence-corrected chi connectivity index (χ1v) is 2.39. The number of rotatable bonds is 1. The average Bonchev–Trinajstić information content (AvgIpc) is 2.14. The Morgan fingerprint density at radius 2 is 2.38 bits per heavy atom. The van der Waals surface area contributed by atoms with Crippen LogP contribution in [0.1, 0.15) is 0 Å². The normalized spacial score (nSPS) is 38.2. The summed E-state index contributed by atoms with van der Waals surface area (Å²) in [5.41, 5.74) is 0. The predicted molar refractivity (Wildman–Crippen MR) is 23.9 cm³/mol. The van der Waals surface area contributed by atoms with E-state index in [4.69, 9.17) is 14.9 Å². The van der Waals surface area contributed by atoms with Crippen molar-refractivity contribution in [2.45, 2.75) is 12.6 Å². The number of aliphatic hydroxyl groups is 2. The van der Waals surface area contributed by atoms with Crippen molar-refractivity contribution < 1.29 is 19.7 Å². The van der Waals surface area contributed by atoms with Crippen LogP contribution in [0.5, 0.6) is 0 Å². The highest BCUT2D eigenvalue weighted by Crippen LogP contribution is 2.06. The lowest BCUT2D eigenvalue weighted by Crippen LogP contribution is -2.14. The molecule has 2 unspecified atom stereocenters. The quantitative estimate of drug-likeness (QED) is 0.450. The van der Waals surface area contributed by atoms with Gasteiger partial charge < -0.3 is 19.7 Å². The number of ether oxygens (including phenoxy) is 2. The lowest BCUT2D eigenvalue weighted by Gasteiger charge is -2.02. The van der Waals surface area contributed by atoms with E-state index in [2.05, 4.69) is 4.74 Å². The van der Waals surface area contributed by atoms with Crippen molar-refractivity contribution in [3.8, 4) is 0 Å². The molecule has 2 N–H and O–H groups in total. The Bertz CT molecular complexity index is 74.4. The van der Waals surface area contributed by atoms with Crippen LogP contribution in [0, 0.1) is 0 Å². The number of aliphatic hydroxyl groups excluding tert-OH is 2. The Morgan fingerprint density at radius 1 is 1.62 bits per heavy atom. The van der Waals surface area contributed by atoms with Gasteiger partial charge in [0.2, 0.25) is 0 Å². The van der Waals surface area contributed by atoms with Gasteiger partial charge in [-0.2, -0.15) is 0 Å². The van der Waals surface area contributed by atoms with E-state index in [9.17, 15) is 0 Å². The van der Waals surface area contributed by atoms with E-state index in [1.165, 1.54) is 0 Å². The first kappa shape index (κ1) is 5.97. The molecule has 2 atom stereocenters. The smallest absolute Gasteiger partial charge is 0.183 e. The van der Waals surface area contributed by atoms with Gasteiger partial charge in [0.25, 0.3) is 0 Å². The van der Waals surface area contributed by atoms with E-state index in [0.717, 1.165) is 0 Å². The topological polar surface area (TPSA) is 58.9 Å². The Kier molecular flexibility index (Phi) is 1.80. The molecule has 48 valence electrons. The van der Waals surface area contributed by atoms with E-state index in [1.54, 1.807) is 0 Å². The lowest BCUT2D eigenvalue weighted by atomic mass is 10.7. The summed E-state index contributed by atoms with van der Waals surface area (Å²) in [5.74, 6) is 0. The van der Waals surface area contributed by atoms with Crippen molar-refractivity contribution in [3.05, 3.63) is 0 Å². The van der Waals surface area contributed by atoms with Crippen LogP contribution in [-0.4, -0.2) is 36.0 Å². The average molecular weight is 120 g/mol. The first-order chi connectivity index (χ1) is 3.83. The summed E-state index contributed by atoms with van der Waals surface area (Å²) in [6, 6.07) is 0. The summed E-state index contributed by atoms with van der Waals surface area (Å²) in [6.45, 7) is -0.0394. The van der Waals surface area contributed by atoms with Crippen LogP contribution in [0.15, 0.2) is 0 Å². The zero-order valence-corrected chi connectivity index (χ0v) is 4.28. The molecule has 1 rings (SSSR count). The van der Waals surface area contributed by atoms with Crippen LogP contribution in [-0.2, 0) is 9.47 Å². The molecule has 0 aromatic rings. The molecule has 0 aromatic carbocycles. The standard InChI is InChI=1S/C4H8O4/c5-1-4-7-2-3(6)8-4/h3-6H,1-2H2. The predicted octanol–water partition coefficient (Wildman–Crippen LogP) is -1.33. The molecule has 0 bridgehead atoms. The lowest BCUT2D eigenvalue weighted by molar-refractivity contribution is -0.131. The monoisotopic (exact) mass is 120 g/mol. The minimum absolute atomic E-state index is 0.158. The van der Waals surface area contributed by atoms with Gasteiger partial charge in [-0.05, 0) is 0 Å². The first-order valence-electron chi connectivity index (χ1n) is 2.39. The third-order valence-electron chi connectivity index (χ3n) is 0.883. The number of hydrogen-bond acceptors (Lipinski definition) is 4. The minimum Gasteiger partial charge on any atom is -0.391 e. The Balaban J connectivity index is 2.22. The fraction of sp³-hybridized carbons (Fsp3) is 1.00. The second-order valence-electron chi connectivity index (χ2n) is 1.54. The summed E-state index contributed by atoms with van der Waals surface area (Å²) in [5, 5.41) is 16.9. The van der Waals surface area contributed by atoms with Gasteiger partial charge in [0.1, 0.15) is 6.61 Å². The van der Waals surface area contributed by atoms with E-state index >= 15 is 0 Å². The third-order valence-corrected chi connectivity index (χ3v) is 0.883. The zero-order valence-electron chi connectivity index (χ0n) is 4.28. The van der Waals surface area contributed by atoms with Gasteiger partial charge in [0.15, 0.2) is 12.6 Å². The molecule has 1 heterocycles. The molecular weight excluding hydrogens is 112 g/mol. The molecule has 1 saturated heterocycles. The fourth-order valence-corrected chi connectivity index (χ4v) is 0.539. The van der Waals surface area contributed by atoms with Gasteiger partial charge in [0, 0.05) is 0 Å². The molecule has 0 aromatic heterocycles. The van der Waals surface area contributed by atoms with Crippen molar-refractivity contribution in [1.29, 1.82) is 0 Å². The van der Waals surface area contributed by atoms with Gasteiger partial charge in [-0.1, -0.05) is 0 Å². The molecule has 0 spiro atoms. The highest BCUT2D eigenvalue weighted by atomic mass is 16.8. The maximum absolute atomic E-state index is 8.57. The maximum Gasteiger partial charge on any atom is 0.183 e. The molecule has 0 amide bonds. The maximum atomic E-state index is 8.57. The number of hydrogen-bond donors (Lipinski definition) is 2. The van der Waals surface area contributed by atoms with Gasteiger partial charge >= 0.3 is 0 Å². The summed E-state index contributed by atoms with van der Waals surface area (Å²) in [4.78, 5) is 0. The van der Waals surface area contributed by atoms with Gasteiger partial charge in [-0.3, -0.25) is 0 Å². The van der Waals surface area contributed by atoms with Crippen LogP contribution in [0.25, 0.3) is 0 Å². The zero-order chi connectivity index (χ0) is 5.98. The Hall–Kier alpha value is -0.160. The van der Waals surface area contributed by atoms with E-state index < -0.39 is 12.6 Å². The molecule has 0 aliphatic carbocycles. The Labute approximate surface area is 46.6 Å². The highest BCUT2D eigenvalue weighted by Gasteiger charge is 2.22. The van der Waals surface area contributed by atoms with Crippen molar-refractivity contribution in [1.82, 2.24) is 0 Å². The van der Waals surface area contributed by atoms with Crippen LogP contribution in [0.3, 0.4) is 0 Å². The molecular formula is C4H8O4. The van der Waals surface area contributed by atoms with Crippen LogP contribution < -0.4 is 0 Å². The Morgan fingerprint density at radius 3 is 2.62 bits per heavy atom. The van der Waals surface area contributed by atoms with Gasteiger partial charge in [-0.25, -0.2) is 0 Å². The van der Waals surface area contributed by atoms with Crippen molar-refractivity contribution in [2.75, 3.05) is 13.2 Å². The molecule has 4 heteroatoms. The third kappa shape index (κ3) is 1.16. The second kappa shape index (κ2) is 2.41. The molecule has 0 radical (unpaired) electrons. The molecule has 1 aliphatic rings. The molecule has 4 nitrogen and oxygen atoms in total.